The molecule has 122 valence electrons. The van der Waals surface area contributed by atoms with E-state index in [1.54, 1.807) is 6.33 Å². The van der Waals surface area contributed by atoms with Gasteiger partial charge in [0.1, 0.15) is 12.1 Å². The first-order valence-electron chi connectivity index (χ1n) is 8.50. The molecule has 4 rings (SSSR count). The van der Waals surface area contributed by atoms with E-state index in [0.29, 0.717) is 0 Å². The lowest BCUT2D eigenvalue weighted by atomic mass is 10.2. The summed E-state index contributed by atoms with van der Waals surface area (Å²) in [5.74, 6) is 0.899. The molecular weight excluding hydrogens is 298 g/mol. The molecule has 1 aromatic carbocycles. The Morgan fingerprint density at radius 3 is 2.96 bits per heavy atom. The summed E-state index contributed by atoms with van der Waals surface area (Å²) in [6, 6.07) is 10.2. The molecule has 2 aromatic heterocycles. The van der Waals surface area contributed by atoms with Gasteiger partial charge in [-0.3, -0.25) is 9.88 Å². The number of unbranched alkanes of at least 4 members (excludes halogenated alkanes) is 1. The molecule has 1 aliphatic heterocycles. The largest absolute Gasteiger partial charge is 0.339 e. The lowest BCUT2D eigenvalue weighted by molar-refractivity contribution is 0.278. The molecule has 0 fully saturated rings. The van der Waals surface area contributed by atoms with Gasteiger partial charge in [-0.25, -0.2) is 9.97 Å². The molecule has 0 bridgehead atoms. The topological polar surface area (TPSA) is 53.9 Å². The van der Waals surface area contributed by atoms with Crippen molar-refractivity contribution >= 4 is 22.4 Å². The normalized spacial score (nSPS) is 14.0. The van der Waals surface area contributed by atoms with E-state index in [4.69, 9.17) is 0 Å². The highest BCUT2D eigenvalue weighted by Gasteiger charge is 2.23. The fourth-order valence-electron chi connectivity index (χ4n) is 3.17. The molecular formula is C19H21N5. The van der Waals surface area contributed by atoms with Crippen LogP contribution in [0, 0.1) is 0 Å². The first-order valence-corrected chi connectivity index (χ1v) is 8.50. The second-order valence-corrected chi connectivity index (χ2v) is 6.25. The zero-order valence-corrected chi connectivity index (χ0v) is 13.9. The van der Waals surface area contributed by atoms with Crippen molar-refractivity contribution in [2.45, 2.75) is 32.9 Å². The Morgan fingerprint density at radius 1 is 1.12 bits per heavy atom. The molecule has 5 heteroatoms. The van der Waals surface area contributed by atoms with Crippen LogP contribution in [0.25, 0.3) is 10.9 Å². The van der Waals surface area contributed by atoms with Gasteiger partial charge in [0.2, 0.25) is 0 Å². The van der Waals surface area contributed by atoms with Crippen LogP contribution in [0.5, 0.6) is 0 Å². The van der Waals surface area contributed by atoms with Gasteiger partial charge in [-0.15, -0.1) is 0 Å². The summed E-state index contributed by atoms with van der Waals surface area (Å²) in [6.07, 6.45) is 5.95. The second kappa shape index (κ2) is 6.53. The first kappa shape index (κ1) is 15.0. The van der Waals surface area contributed by atoms with Crippen molar-refractivity contribution < 1.29 is 0 Å². The minimum absolute atomic E-state index is 0.899. The van der Waals surface area contributed by atoms with Gasteiger partial charge in [0, 0.05) is 24.0 Å². The summed E-state index contributed by atoms with van der Waals surface area (Å²) in [6.45, 7) is 5.18. The van der Waals surface area contributed by atoms with Crippen LogP contribution in [-0.2, 0) is 13.1 Å². The van der Waals surface area contributed by atoms with E-state index in [1.807, 2.05) is 24.4 Å². The molecule has 3 heterocycles. The van der Waals surface area contributed by atoms with Crippen LogP contribution < -0.4 is 5.32 Å². The molecule has 0 aliphatic carbocycles. The number of hydrogen-bond acceptors (Lipinski definition) is 5. The van der Waals surface area contributed by atoms with Crippen molar-refractivity contribution in [2.24, 2.45) is 0 Å². The number of fused-ring (bicyclic) bond motifs is 2. The third kappa shape index (κ3) is 2.95. The predicted octanol–water partition coefficient (Wildman–Crippen LogP) is 3.88. The van der Waals surface area contributed by atoms with Gasteiger partial charge in [-0.1, -0.05) is 31.5 Å². The van der Waals surface area contributed by atoms with Gasteiger partial charge in [0.05, 0.1) is 23.1 Å². The van der Waals surface area contributed by atoms with Crippen LogP contribution in [0.15, 0.2) is 42.9 Å². The number of pyridine rings is 1. The molecule has 0 radical (unpaired) electrons. The Bertz CT molecular complexity index is 861. The van der Waals surface area contributed by atoms with Gasteiger partial charge < -0.3 is 5.32 Å². The summed E-state index contributed by atoms with van der Waals surface area (Å²) >= 11 is 0. The molecule has 5 nitrogen and oxygen atoms in total. The Kier molecular flexibility index (Phi) is 4.09. The molecule has 3 aromatic rings. The number of hydrogen-bond donors (Lipinski definition) is 1. The monoisotopic (exact) mass is 319 g/mol. The average Bonchev–Trinajstić information content (AvgIpc) is 3.04. The summed E-state index contributed by atoms with van der Waals surface area (Å²) in [7, 11) is 0. The number of nitrogens with zero attached hydrogens (tertiary/aromatic N) is 4. The summed E-state index contributed by atoms with van der Waals surface area (Å²) in [4.78, 5) is 15.9. The Morgan fingerprint density at radius 2 is 2.04 bits per heavy atom. The molecule has 0 atom stereocenters. The zero-order chi connectivity index (χ0) is 16.4. The quantitative estimate of drug-likeness (QED) is 0.773. The number of benzene rings is 1. The fraction of sp³-hybridized carbons (Fsp3) is 0.316. The Hall–Kier alpha value is -2.53. The summed E-state index contributed by atoms with van der Waals surface area (Å²) in [5.41, 5.74) is 4.31. The van der Waals surface area contributed by atoms with Crippen LogP contribution in [0.4, 0.5) is 11.5 Å². The van der Waals surface area contributed by atoms with Gasteiger partial charge in [-0.2, -0.15) is 0 Å². The highest BCUT2D eigenvalue weighted by atomic mass is 15.2. The number of aromatic nitrogens is 3. The average molecular weight is 319 g/mol. The second-order valence-electron chi connectivity index (χ2n) is 6.25. The fourth-order valence-corrected chi connectivity index (χ4v) is 3.17. The van der Waals surface area contributed by atoms with E-state index < -0.39 is 0 Å². The van der Waals surface area contributed by atoms with Gasteiger partial charge >= 0.3 is 0 Å². The molecule has 0 saturated carbocycles. The maximum Gasteiger partial charge on any atom is 0.138 e. The summed E-state index contributed by atoms with van der Waals surface area (Å²) in [5, 5.41) is 4.56. The Balaban J connectivity index is 1.58. The van der Waals surface area contributed by atoms with Crippen molar-refractivity contribution in [3.8, 4) is 0 Å². The summed E-state index contributed by atoms with van der Waals surface area (Å²) < 4.78 is 0. The maximum absolute atomic E-state index is 4.51. The third-order valence-electron chi connectivity index (χ3n) is 4.47. The third-order valence-corrected chi connectivity index (χ3v) is 4.47. The van der Waals surface area contributed by atoms with Crippen molar-refractivity contribution in [1.29, 1.82) is 0 Å². The van der Waals surface area contributed by atoms with Crippen LogP contribution >= 0.6 is 0 Å². The highest BCUT2D eigenvalue weighted by Crippen LogP contribution is 2.28. The molecule has 24 heavy (non-hydrogen) atoms. The van der Waals surface area contributed by atoms with Crippen LogP contribution in [-0.4, -0.2) is 26.4 Å². The van der Waals surface area contributed by atoms with Crippen LogP contribution in [0.3, 0.4) is 0 Å². The van der Waals surface area contributed by atoms with Crippen molar-refractivity contribution in [1.82, 2.24) is 19.9 Å². The minimum Gasteiger partial charge on any atom is -0.339 e. The SMILES string of the molecule is CCCCN1Cc2ncnc(Nc3cnc4ccccc4c3)c2C1. The van der Waals surface area contributed by atoms with E-state index in [-0.39, 0.29) is 0 Å². The van der Waals surface area contributed by atoms with Crippen LogP contribution in [0.1, 0.15) is 31.0 Å². The maximum atomic E-state index is 4.51. The van der Waals surface area contributed by atoms with Crippen molar-refractivity contribution in [3.63, 3.8) is 0 Å². The van der Waals surface area contributed by atoms with Gasteiger partial charge in [-0.05, 0) is 25.1 Å². The first-order chi connectivity index (χ1) is 11.8. The number of anilines is 2. The molecule has 0 unspecified atom stereocenters. The van der Waals surface area contributed by atoms with E-state index in [9.17, 15) is 0 Å². The van der Waals surface area contributed by atoms with Crippen molar-refractivity contribution in [3.05, 3.63) is 54.1 Å². The lowest BCUT2D eigenvalue weighted by Crippen LogP contribution is -2.17. The predicted molar refractivity (Wildman–Crippen MR) is 96.1 cm³/mol. The van der Waals surface area contributed by atoms with Crippen molar-refractivity contribution in [2.75, 3.05) is 11.9 Å². The molecule has 1 N–H and O–H groups in total. The van der Waals surface area contributed by atoms with E-state index in [2.05, 4.69) is 44.2 Å². The number of nitrogens with one attached hydrogen (secondary N) is 1. The molecule has 0 amide bonds. The molecule has 0 spiro atoms. The van der Waals surface area contributed by atoms with E-state index in [1.165, 1.54) is 18.4 Å². The lowest BCUT2D eigenvalue weighted by Gasteiger charge is -2.13. The highest BCUT2D eigenvalue weighted by molar-refractivity contribution is 5.82. The molecule has 1 aliphatic rings. The number of rotatable bonds is 5. The smallest absolute Gasteiger partial charge is 0.138 e. The minimum atomic E-state index is 0.899. The van der Waals surface area contributed by atoms with Crippen LogP contribution in [0.2, 0.25) is 0 Å². The molecule has 0 saturated heterocycles. The van der Waals surface area contributed by atoms with E-state index in [0.717, 1.165) is 47.7 Å². The number of para-hydroxylation sites is 1. The van der Waals surface area contributed by atoms with Gasteiger partial charge in [0.25, 0.3) is 0 Å². The van der Waals surface area contributed by atoms with E-state index >= 15 is 0 Å². The zero-order valence-electron chi connectivity index (χ0n) is 13.9. The van der Waals surface area contributed by atoms with Gasteiger partial charge in [0.15, 0.2) is 0 Å². The Labute approximate surface area is 141 Å². The standard InChI is InChI=1S/C19H21N5/c1-2-3-8-24-11-16-18(12-24)21-13-22-19(16)23-15-9-14-6-4-5-7-17(14)20-10-15/h4-7,9-10,13H,2-3,8,11-12H2,1H3,(H,21,22,23).